The maximum Gasteiger partial charge on any atom is 0.134 e. The van der Waals surface area contributed by atoms with Crippen molar-refractivity contribution in [1.29, 1.82) is 0 Å². The normalized spacial score (nSPS) is 13.9. The number of aliphatic hydroxyl groups excluding tert-OH is 1. The Morgan fingerprint density at radius 2 is 1.75 bits per heavy atom. The number of hydrogen-bond acceptors (Lipinski definition) is 6. The maximum atomic E-state index is 9.84. The summed E-state index contributed by atoms with van der Waals surface area (Å²) in [6.07, 6.45) is 1.76. The number of aliphatic hydroxyl groups is 2. The van der Waals surface area contributed by atoms with Crippen LogP contribution >= 0.6 is 0 Å². The number of anilines is 2. The molecule has 0 saturated carbocycles. The van der Waals surface area contributed by atoms with Crippen molar-refractivity contribution >= 4 is 11.6 Å². The topological polar surface area (TPSA) is 90.3 Å². The molecule has 0 radical (unpaired) electrons. The summed E-state index contributed by atoms with van der Waals surface area (Å²) in [6, 6.07) is 0. The first-order valence-electron chi connectivity index (χ1n) is 7.12. The Morgan fingerprint density at radius 3 is 2.25 bits per heavy atom. The molecule has 0 aromatic carbocycles. The van der Waals surface area contributed by atoms with Crippen LogP contribution in [-0.2, 0) is 6.42 Å². The Balaban J connectivity index is 2.93. The molecule has 1 aromatic heterocycles. The fourth-order valence-electron chi connectivity index (χ4n) is 1.64. The average Bonchev–Trinajstić information content (AvgIpc) is 2.45. The molecule has 0 aliphatic carbocycles. The summed E-state index contributed by atoms with van der Waals surface area (Å²) in [4.78, 5) is 8.92. The number of hydrogen-bond donors (Lipinski definition) is 4. The molecule has 114 valence electrons. The van der Waals surface area contributed by atoms with Gasteiger partial charge in [-0.3, -0.25) is 0 Å². The molecule has 1 aromatic rings. The summed E-state index contributed by atoms with van der Waals surface area (Å²) in [6.45, 7) is 8.41. The van der Waals surface area contributed by atoms with Crippen molar-refractivity contribution in [2.24, 2.45) is 0 Å². The average molecular weight is 282 g/mol. The molecule has 4 N–H and O–H groups in total. The monoisotopic (exact) mass is 282 g/mol. The highest BCUT2D eigenvalue weighted by molar-refractivity contribution is 5.57. The highest BCUT2D eigenvalue weighted by Crippen LogP contribution is 2.21. The van der Waals surface area contributed by atoms with E-state index in [9.17, 15) is 5.11 Å². The van der Waals surface area contributed by atoms with E-state index >= 15 is 0 Å². The maximum absolute atomic E-state index is 9.84. The molecular formula is C14H26N4O2. The second kappa shape index (κ2) is 7.40. The van der Waals surface area contributed by atoms with E-state index in [-0.39, 0.29) is 13.2 Å². The van der Waals surface area contributed by atoms with Crippen LogP contribution in [0.5, 0.6) is 0 Å². The lowest BCUT2D eigenvalue weighted by atomic mass is 10.1. The van der Waals surface area contributed by atoms with Gasteiger partial charge in [0.2, 0.25) is 0 Å². The van der Waals surface area contributed by atoms with Crippen molar-refractivity contribution in [3.05, 3.63) is 11.4 Å². The molecule has 20 heavy (non-hydrogen) atoms. The molecule has 6 nitrogen and oxygen atoms in total. The van der Waals surface area contributed by atoms with Crippen molar-refractivity contribution in [2.75, 3.05) is 30.3 Å². The fraction of sp³-hybridized carbons (Fsp3) is 0.714. The number of rotatable bonds is 8. The smallest absolute Gasteiger partial charge is 0.134 e. The summed E-state index contributed by atoms with van der Waals surface area (Å²) in [5.41, 5.74) is -0.245. The molecule has 0 saturated heterocycles. The van der Waals surface area contributed by atoms with Gasteiger partial charge in [0.25, 0.3) is 0 Å². The lowest BCUT2D eigenvalue weighted by molar-refractivity contribution is 0.0131. The molecule has 1 atom stereocenters. The number of aromatic nitrogens is 2. The van der Waals surface area contributed by atoms with Crippen LogP contribution in [0.15, 0.2) is 0 Å². The van der Waals surface area contributed by atoms with E-state index in [2.05, 4.69) is 27.5 Å². The zero-order valence-corrected chi connectivity index (χ0v) is 12.8. The summed E-state index contributed by atoms with van der Waals surface area (Å²) in [5.74, 6) is 2.27. The summed E-state index contributed by atoms with van der Waals surface area (Å²) < 4.78 is 0. The van der Waals surface area contributed by atoms with E-state index < -0.39 is 5.60 Å². The summed E-state index contributed by atoms with van der Waals surface area (Å²) in [5, 5.41) is 25.3. The first-order valence-corrected chi connectivity index (χ1v) is 7.12. The highest BCUT2D eigenvalue weighted by Gasteiger charge is 2.20. The van der Waals surface area contributed by atoms with Crippen LogP contribution < -0.4 is 10.6 Å². The Hall–Kier alpha value is -1.40. The third-order valence-electron chi connectivity index (χ3n) is 3.03. The van der Waals surface area contributed by atoms with Crippen LogP contribution in [-0.4, -0.2) is 45.5 Å². The van der Waals surface area contributed by atoms with E-state index in [4.69, 9.17) is 5.11 Å². The second-order valence-electron chi connectivity index (χ2n) is 5.25. The largest absolute Gasteiger partial charge is 0.393 e. The van der Waals surface area contributed by atoms with Crippen LogP contribution in [0.4, 0.5) is 11.6 Å². The lowest BCUT2D eigenvalue weighted by Gasteiger charge is -2.22. The third-order valence-corrected chi connectivity index (χ3v) is 3.03. The number of aryl methyl sites for hydroxylation is 1. The van der Waals surface area contributed by atoms with E-state index in [0.717, 1.165) is 36.6 Å². The molecule has 6 heteroatoms. The highest BCUT2D eigenvalue weighted by atomic mass is 16.3. The van der Waals surface area contributed by atoms with Gasteiger partial charge in [-0.2, -0.15) is 0 Å². The lowest BCUT2D eigenvalue weighted by Crippen LogP contribution is -2.37. The van der Waals surface area contributed by atoms with Crippen molar-refractivity contribution in [1.82, 2.24) is 9.97 Å². The predicted octanol–water partition coefficient (Wildman–Crippen LogP) is 1.32. The molecule has 1 unspecified atom stereocenters. The van der Waals surface area contributed by atoms with E-state index in [1.165, 1.54) is 0 Å². The molecule has 1 heterocycles. The predicted molar refractivity (Wildman–Crippen MR) is 81.1 cm³/mol. The van der Waals surface area contributed by atoms with Gasteiger partial charge in [-0.1, -0.05) is 13.8 Å². The van der Waals surface area contributed by atoms with Gasteiger partial charge >= 0.3 is 0 Å². The quantitative estimate of drug-likeness (QED) is 0.575. The van der Waals surface area contributed by atoms with Crippen LogP contribution in [0.3, 0.4) is 0 Å². The Labute approximate surface area is 120 Å². The Morgan fingerprint density at radius 1 is 1.15 bits per heavy atom. The minimum Gasteiger partial charge on any atom is -0.393 e. The SMILES string of the molecule is CCCNc1nc(CC)nc(NCC(C)(O)CO)c1C. The van der Waals surface area contributed by atoms with Gasteiger partial charge in [-0.25, -0.2) is 9.97 Å². The van der Waals surface area contributed by atoms with E-state index in [0.29, 0.717) is 5.82 Å². The summed E-state index contributed by atoms with van der Waals surface area (Å²) >= 11 is 0. The Bertz CT molecular complexity index is 435. The van der Waals surface area contributed by atoms with E-state index in [1.54, 1.807) is 6.92 Å². The standard InChI is InChI=1S/C14H26N4O2/c1-5-7-15-12-10(3)13(18-11(6-2)17-12)16-8-14(4,20)9-19/h19-20H,5-9H2,1-4H3,(H2,15,16,17,18). The van der Waals surface area contributed by atoms with Gasteiger partial charge in [0, 0.05) is 25.1 Å². The molecule has 0 spiro atoms. The minimum atomic E-state index is -1.17. The van der Waals surface area contributed by atoms with Crippen molar-refractivity contribution in [3.63, 3.8) is 0 Å². The zero-order valence-electron chi connectivity index (χ0n) is 12.8. The van der Waals surface area contributed by atoms with Gasteiger partial charge in [0.1, 0.15) is 23.1 Å². The molecule has 0 fully saturated rings. The second-order valence-corrected chi connectivity index (χ2v) is 5.25. The van der Waals surface area contributed by atoms with Gasteiger partial charge in [-0.05, 0) is 20.3 Å². The Kier molecular flexibility index (Phi) is 6.16. The molecule has 0 amide bonds. The van der Waals surface area contributed by atoms with Crippen molar-refractivity contribution in [2.45, 2.75) is 46.1 Å². The van der Waals surface area contributed by atoms with Gasteiger partial charge < -0.3 is 20.8 Å². The first-order chi connectivity index (χ1) is 9.43. The van der Waals surface area contributed by atoms with Crippen LogP contribution in [0.1, 0.15) is 38.6 Å². The first kappa shape index (κ1) is 16.7. The van der Waals surface area contributed by atoms with Crippen LogP contribution in [0.2, 0.25) is 0 Å². The zero-order chi connectivity index (χ0) is 15.2. The molecule has 0 aliphatic heterocycles. The summed E-state index contributed by atoms with van der Waals surface area (Å²) in [7, 11) is 0. The number of nitrogens with one attached hydrogen (secondary N) is 2. The van der Waals surface area contributed by atoms with Crippen LogP contribution in [0.25, 0.3) is 0 Å². The fourth-order valence-corrected chi connectivity index (χ4v) is 1.64. The van der Waals surface area contributed by atoms with Crippen molar-refractivity contribution in [3.8, 4) is 0 Å². The van der Waals surface area contributed by atoms with Gasteiger partial charge in [0.05, 0.1) is 6.61 Å². The molecule has 0 aliphatic rings. The minimum absolute atomic E-state index is 0.234. The number of nitrogens with zero attached hydrogens (tertiary/aromatic N) is 2. The van der Waals surface area contributed by atoms with Crippen LogP contribution in [0, 0.1) is 6.92 Å². The molecule has 1 rings (SSSR count). The third kappa shape index (κ3) is 4.61. The van der Waals surface area contributed by atoms with E-state index in [1.807, 2.05) is 13.8 Å². The van der Waals surface area contributed by atoms with Gasteiger partial charge in [-0.15, -0.1) is 0 Å². The van der Waals surface area contributed by atoms with Crippen molar-refractivity contribution < 1.29 is 10.2 Å². The molecular weight excluding hydrogens is 256 g/mol. The molecule has 0 bridgehead atoms. The van der Waals surface area contributed by atoms with Gasteiger partial charge in [0.15, 0.2) is 0 Å².